The number of thiophene rings is 1. The average molecular weight is 422 g/mol. The van der Waals surface area contributed by atoms with Crippen LogP contribution in [-0.2, 0) is 17.9 Å². The normalized spacial score (nSPS) is 11.1. The minimum atomic E-state index is -0.255. The molecule has 0 bridgehead atoms. The van der Waals surface area contributed by atoms with Crippen LogP contribution in [0.2, 0.25) is 0 Å². The molecule has 0 saturated carbocycles. The smallest absolute Gasteiger partial charge is 0.276 e. The Hall–Kier alpha value is -3.19. The third kappa shape index (κ3) is 4.07. The molecule has 30 heavy (non-hydrogen) atoms. The lowest BCUT2D eigenvalue weighted by Crippen LogP contribution is -2.33. The molecule has 0 unspecified atom stereocenters. The molecule has 0 fully saturated rings. The number of aromatic nitrogens is 2. The zero-order valence-electron chi connectivity index (χ0n) is 17.0. The topological polar surface area (TPSA) is 73.2 Å². The van der Waals surface area contributed by atoms with Crippen LogP contribution in [0.1, 0.15) is 24.6 Å². The Kier molecular flexibility index (Phi) is 5.81. The number of ether oxygens (including phenoxy) is 1. The summed E-state index contributed by atoms with van der Waals surface area (Å²) in [6.45, 7) is 4.88. The van der Waals surface area contributed by atoms with Crippen LogP contribution in [0.4, 0.5) is 0 Å². The van der Waals surface area contributed by atoms with E-state index in [4.69, 9.17) is 4.74 Å². The van der Waals surface area contributed by atoms with E-state index in [9.17, 15) is 9.59 Å². The number of rotatable bonds is 7. The van der Waals surface area contributed by atoms with E-state index in [2.05, 4.69) is 17.3 Å². The monoisotopic (exact) mass is 421 g/mol. The molecule has 4 aromatic rings. The van der Waals surface area contributed by atoms with Gasteiger partial charge in [0.25, 0.3) is 5.56 Å². The number of carbonyl (C=O) groups is 1. The second-order valence-electron chi connectivity index (χ2n) is 7.12. The van der Waals surface area contributed by atoms with Crippen LogP contribution in [-0.4, -0.2) is 22.3 Å². The maximum Gasteiger partial charge on any atom is 0.276 e. The predicted molar refractivity (Wildman–Crippen MR) is 120 cm³/mol. The summed E-state index contributed by atoms with van der Waals surface area (Å²) in [6.07, 6.45) is 0.956. The van der Waals surface area contributed by atoms with Crippen LogP contribution in [0.25, 0.3) is 20.2 Å². The van der Waals surface area contributed by atoms with Gasteiger partial charge in [0.15, 0.2) is 0 Å². The molecule has 154 valence electrons. The quantitative estimate of drug-likeness (QED) is 0.489. The molecule has 2 aromatic heterocycles. The number of fused-ring (bicyclic) bond motifs is 3. The summed E-state index contributed by atoms with van der Waals surface area (Å²) in [5.41, 5.74) is 1.48. The van der Waals surface area contributed by atoms with Gasteiger partial charge in [-0.2, -0.15) is 5.10 Å². The van der Waals surface area contributed by atoms with Crippen LogP contribution in [0.3, 0.4) is 0 Å². The lowest BCUT2D eigenvalue weighted by molar-refractivity contribution is -0.122. The molecule has 0 aliphatic carbocycles. The third-order valence-electron chi connectivity index (χ3n) is 4.82. The lowest BCUT2D eigenvalue weighted by Gasteiger charge is -2.09. The number of benzene rings is 2. The highest BCUT2D eigenvalue weighted by atomic mass is 32.1. The van der Waals surface area contributed by atoms with Crippen molar-refractivity contribution < 1.29 is 9.53 Å². The fraction of sp³-hybridized carbons (Fsp3) is 0.261. The predicted octanol–water partition coefficient (Wildman–Crippen LogP) is 4.02. The van der Waals surface area contributed by atoms with Crippen molar-refractivity contribution in [1.82, 2.24) is 15.1 Å². The van der Waals surface area contributed by atoms with Crippen molar-refractivity contribution in [2.45, 2.75) is 33.4 Å². The number of aryl methyl sites for hydroxylation is 1. The van der Waals surface area contributed by atoms with Crippen LogP contribution in [0.15, 0.2) is 53.3 Å². The molecular weight excluding hydrogens is 398 g/mol. The van der Waals surface area contributed by atoms with Gasteiger partial charge in [0.1, 0.15) is 12.3 Å². The van der Waals surface area contributed by atoms with Crippen LogP contribution < -0.4 is 15.6 Å². The minimum Gasteiger partial charge on any atom is -0.494 e. The Morgan fingerprint density at radius 3 is 2.70 bits per heavy atom. The Labute approximate surface area is 178 Å². The van der Waals surface area contributed by atoms with E-state index in [1.165, 1.54) is 4.68 Å². The maximum atomic E-state index is 13.0. The number of hydrogen-bond donors (Lipinski definition) is 1. The van der Waals surface area contributed by atoms with Gasteiger partial charge in [-0.3, -0.25) is 9.59 Å². The Morgan fingerprint density at radius 1 is 1.17 bits per heavy atom. The van der Waals surface area contributed by atoms with Crippen molar-refractivity contribution in [3.05, 3.63) is 70.1 Å². The highest BCUT2D eigenvalue weighted by Crippen LogP contribution is 2.32. The summed E-state index contributed by atoms with van der Waals surface area (Å²) in [7, 11) is 0. The second kappa shape index (κ2) is 8.67. The standard InChI is InChI=1S/C23H23N3O3S/c1-3-12-29-17-10-8-16(9-11-17)13-24-20(27)14-26-23(28)21-18-6-4-5-7-19(18)30-22(21)15(2)25-26/h4-11H,3,12-14H2,1-2H3,(H,24,27). The molecule has 4 rings (SSSR count). The summed E-state index contributed by atoms with van der Waals surface area (Å²) in [5.74, 6) is 0.559. The SMILES string of the molecule is CCCOc1ccc(CNC(=O)Cn2nc(C)c3sc4ccccc4c3c2=O)cc1. The molecule has 2 aromatic carbocycles. The number of carbonyl (C=O) groups excluding carboxylic acids is 1. The van der Waals surface area contributed by atoms with Crippen LogP contribution in [0, 0.1) is 6.92 Å². The molecule has 0 radical (unpaired) electrons. The number of nitrogens with one attached hydrogen (secondary N) is 1. The highest BCUT2D eigenvalue weighted by Gasteiger charge is 2.15. The summed E-state index contributed by atoms with van der Waals surface area (Å²) in [4.78, 5) is 25.5. The zero-order chi connectivity index (χ0) is 21.1. The molecule has 0 aliphatic rings. The Bertz CT molecular complexity index is 1260. The van der Waals surface area contributed by atoms with E-state index in [0.29, 0.717) is 18.5 Å². The molecule has 6 nitrogen and oxygen atoms in total. The van der Waals surface area contributed by atoms with Crippen molar-refractivity contribution in [2.75, 3.05) is 6.61 Å². The zero-order valence-corrected chi connectivity index (χ0v) is 17.8. The molecule has 2 heterocycles. The number of hydrogen-bond acceptors (Lipinski definition) is 5. The van der Waals surface area contributed by atoms with E-state index in [1.807, 2.05) is 55.5 Å². The van der Waals surface area contributed by atoms with Gasteiger partial charge in [0, 0.05) is 16.6 Å². The third-order valence-corrected chi connectivity index (χ3v) is 6.10. The van der Waals surface area contributed by atoms with Crippen LogP contribution in [0.5, 0.6) is 5.75 Å². The maximum absolute atomic E-state index is 13.0. The summed E-state index contributed by atoms with van der Waals surface area (Å²) < 4.78 is 8.75. The van der Waals surface area contributed by atoms with E-state index in [1.54, 1.807) is 11.3 Å². The first-order chi connectivity index (χ1) is 14.6. The first-order valence-electron chi connectivity index (χ1n) is 9.94. The molecule has 0 atom stereocenters. The average Bonchev–Trinajstić information content (AvgIpc) is 3.15. The van der Waals surface area contributed by atoms with Crippen molar-refractivity contribution in [1.29, 1.82) is 0 Å². The van der Waals surface area contributed by atoms with Gasteiger partial charge in [0.05, 0.1) is 22.4 Å². The summed E-state index contributed by atoms with van der Waals surface area (Å²) in [5, 5.41) is 8.77. The van der Waals surface area contributed by atoms with E-state index >= 15 is 0 Å². The molecule has 0 spiro atoms. The van der Waals surface area contributed by atoms with Gasteiger partial charge in [0.2, 0.25) is 5.91 Å². The minimum absolute atomic E-state index is 0.114. The fourth-order valence-electron chi connectivity index (χ4n) is 3.34. The fourth-order valence-corrected chi connectivity index (χ4v) is 4.47. The lowest BCUT2D eigenvalue weighted by atomic mass is 10.2. The molecular formula is C23H23N3O3S. The Morgan fingerprint density at radius 2 is 1.93 bits per heavy atom. The van der Waals surface area contributed by atoms with Crippen LogP contribution >= 0.6 is 11.3 Å². The van der Waals surface area contributed by atoms with E-state index in [-0.39, 0.29) is 18.0 Å². The van der Waals surface area contributed by atoms with Crippen molar-refractivity contribution >= 4 is 37.4 Å². The van der Waals surface area contributed by atoms with Crippen molar-refractivity contribution in [3.63, 3.8) is 0 Å². The largest absolute Gasteiger partial charge is 0.494 e. The molecule has 0 aliphatic heterocycles. The Balaban J connectivity index is 1.48. The van der Waals surface area contributed by atoms with E-state index < -0.39 is 0 Å². The highest BCUT2D eigenvalue weighted by molar-refractivity contribution is 7.26. The first kappa shape index (κ1) is 20.1. The second-order valence-corrected chi connectivity index (χ2v) is 8.17. The van der Waals surface area contributed by atoms with Gasteiger partial charge < -0.3 is 10.1 Å². The van der Waals surface area contributed by atoms with Gasteiger partial charge in [-0.05, 0) is 37.1 Å². The molecule has 1 N–H and O–H groups in total. The van der Waals surface area contributed by atoms with E-state index in [0.717, 1.165) is 38.2 Å². The van der Waals surface area contributed by atoms with Gasteiger partial charge >= 0.3 is 0 Å². The van der Waals surface area contributed by atoms with Crippen molar-refractivity contribution in [2.24, 2.45) is 0 Å². The first-order valence-corrected chi connectivity index (χ1v) is 10.8. The number of nitrogens with zero attached hydrogens (tertiary/aromatic N) is 2. The van der Waals surface area contributed by atoms with Crippen molar-refractivity contribution in [3.8, 4) is 5.75 Å². The van der Waals surface area contributed by atoms with Gasteiger partial charge in [-0.1, -0.05) is 37.3 Å². The van der Waals surface area contributed by atoms with Gasteiger partial charge in [-0.25, -0.2) is 4.68 Å². The summed E-state index contributed by atoms with van der Waals surface area (Å²) >= 11 is 1.56. The molecule has 0 saturated heterocycles. The molecule has 1 amide bonds. The molecule has 7 heteroatoms. The summed E-state index contributed by atoms with van der Waals surface area (Å²) in [6, 6.07) is 15.4. The number of amides is 1. The van der Waals surface area contributed by atoms with Gasteiger partial charge in [-0.15, -0.1) is 11.3 Å².